The molecule has 2 aliphatic rings. The number of rotatable bonds is 13. The van der Waals surface area contributed by atoms with Crippen LogP contribution in [-0.2, 0) is 32.2 Å². The predicted molar refractivity (Wildman–Crippen MR) is 189 cm³/mol. The van der Waals surface area contributed by atoms with Gasteiger partial charge in [0.15, 0.2) is 6.29 Å². The highest BCUT2D eigenvalue weighted by molar-refractivity contribution is 5.76. The molecule has 0 spiro atoms. The molecule has 0 saturated carbocycles. The third kappa shape index (κ3) is 9.10. The molecular formula is C39H45N5O6. The zero-order chi connectivity index (χ0) is 34.9. The van der Waals surface area contributed by atoms with Gasteiger partial charge in [-0.3, -0.25) is 14.5 Å². The largest absolute Gasteiger partial charge is 0.481 e. The highest BCUT2D eigenvalue weighted by atomic mass is 16.7. The molecule has 4 atom stereocenters. The quantitative estimate of drug-likeness (QED) is 0.175. The molecular weight excluding hydrogens is 634 g/mol. The normalized spacial score (nSPS) is 21.1. The number of aliphatic hydroxyl groups is 1. The minimum atomic E-state index is -0.900. The van der Waals surface area contributed by atoms with E-state index in [0.29, 0.717) is 13.0 Å². The third-order valence-corrected chi connectivity index (χ3v) is 9.47. The van der Waals surface area contributed by atoms with Crippen LogP contribution in [0.5, 0.6) is 0 Å². The zero-order valence-corrected chi connectivity index (χ0v) is 28.4. The lowest BCUT2D eigenvalue weighted by Gasteiger charge is -2.44. The van der Waals surface area contributed by atoms with Crippen molar-refractivity contribution in [2.24, 2.45) is 5.92 Å². The first-order chi connectivity index (χ1) is 24.4. The van der Waals surface area contributed by atoms with E-state index in [1.165, 1.54) is 0 Å². The SMILES string of the molecule is C[C@@H]1[C@H](CN2CCN(c3ncccn3)CC2)O[C@H](c2cccc(-c3cccc(CNC(=O)CCCC(=O)O)c3)c2)O[C@@H]1c1ccc(CO)cc1. The standard InChI is InChI=1S/C39H45N5O6/c1-27-34(25-43-18-20-44(21-19-43)39-40-16-5-17-41-39)49-38(50-37(27)30-14-12-28(26-45)13-15-30)33-9-3-8-32(23-33)31-7-2-6-29(22-31)24-42-35(46)10-4-11-36(47)48/h2-3,5-9,12-17,22-23,27,34,37-38,45H,4,10-11,18-21,24-26H2,1H3,(H,42,46)(H,47,48)/t27-,34+,37+,38+/m1/s1. The number of hydrogen-bond donors (Lipinski definition) is 3. The van der Waals surface area contributed by atoms with Gasteiger partial charge in [-0.05, 0) is 52.4 Å². The number of carbonyl (C=O) groups excluding carboxylic acids is 1. The molecule has 1 aromatic heterocycles. The third-order valence-electron chi connectivity index (χ3n) is 9.47. The molecule has 0 unspecified atom stereocenters. The average molecular weight is 680 g/mol. The molecule has 0 radical (unpaired) electrons. The fourth-order valence-electron chi connectivity index (χ4n) is 6.58. The van der Waals surface area contributed by atoms with Crippen molar-refractivity contribution >= 4 is 17.8 Å². The number of aliphatic hydroxyl groups excluding tert-OH is 1. The van der Waals surface area contributed by atoms with E-state index in [4.69, 9.17) is 14.6 Å². The van der Waals surface area contributed by atoms with Gasteiger partial charge in [-0.2, -0.15) is 0 Å². The summed E-state index contributed by atoms with van der Waals surface area (Å²) in [6.45, 7) is 6.73. The van der Waals surface area contributed by atoms with Gasteiger partial charge in [0.1, 0.15) is 0 Å². The number of nitrogens with one attached hydrogen (secondary N) is 1. The van der Waals surface area contributed by atoms with Crippen molar-refractivity contribution in [3.63, 3.8) is 0 Å². The van der Waals surface area contributed by atoms with Crippen LogP contribution in [0, 0.1) is 5.92 Å². The molecule has 2 fully saturated rings. The minimum Gasteiger partial charge on any atom is -0.481 e. The van der Waals surface area contributed by atoms with Crippen molar-refractivity contribution in [3.05, 3.63) is 114 Å². The monoisotopic (exact) mass is 679 g/mol. The number of amides is 1. The van der Waals surface area contributed by atoms with Crippen molar-refractivity contribution < 1.29 is 29.3 Å². The number of aliphatic carboxylic acids is 1. The summed E-state index contributed by atoms with van der Waals surface area (Å²) in [6.07, 6.45) is 3.13. The van der Waals surface area contributed by atoms with Gasteiger partial charge >= 0.3 is 5.97 Å². The molecule has 3 heterocycles. The van der Waals surface area contributed by atoms with Crippen molar-refractivity contribution in [1.82, 2.24) is 20.2 Å². The Bertz CT molecular complexity index is 1710. The molecule has 2 aliphatic heterocycles. The summed E-state index contributed by atoms with van der Waals surface area (Å²) in [6, 6.07) is 26.0. The van der Waals surface area contributed by atoms with Crippen molar-refractivity contribution in [3.8, 4) is 11.1 Å². The first-order valence-electron chi connectivity index (χ1n) is 17.3. The van der Waals surface area contributed by atoms with Gasteiger partial charge < -0.3 is 29.9 Å². The lowest BCUT2D eigenvalue weighted by Crippen LogP contribution is -2.51. The Morgan fingerprint density at radius 3 is 2.28 bits per heavy atom. The second kappa shape index (κ2) is 16.8. The second-order valence-corrected chi connectivity index (χ2v) is 13.0. The fraction of sp³-hybridized carbons (Fsp3) is 0.385. The lowest BCUT2D eigenvalue weighted by molar-refractivity contribution is -0.276. The molecule has 1 amide bonds. The number of piperazine rings is 1. The van der Waals surface area contributed by atoms with Gasteiger partial charge in [-0.1, -0.05) is 67.6 Å². The maximum absolute atomic E-state index is 12.2. The molecule has 3 N–H and O–H groups in total. The van der Waals surface area contributed by atoms with Crippen LogP contribution in [0.2, 0.25) is 0 Å². The highest BCUT2D eigenvalue weighted by Crippen LogP contribution is 2.42. The fourth-order valence-corrected chi connectivity index (χ4v) is 6.58. The van der Waals surface area contributed by atoms with Crippen LogP contribution in [0.25, 0.3) is 11.1 Å². The van der Waals surface area contributed by atoms with Crippen LogP contribution in [0.15, 0.2) is 91.3 Å². The van der Waals surface area contributed by atoms with E-state index in [1.807, 2.05) is 60.7 Å². The maximum Gasteiger partial charge on any atom is 0.303 e. The number of carboxylic acids is 1. The van der Waals surface area contributed by atoms with E-state index in [0.717, 1.165) is 72.1 Å². The Balaban J connectivity index is 1.17. The molecule has 262 valence electrons. The summed E-state index contributed by atoms with van der Waals surface area (Å²) in [5.41, 5.74) is 5.77. The van der Waals surface area contributed by atoms with Crippen LogP contribution in [0.3, 0.4) is 0 Å². The van der Waals surface area contributed by atoms with Gasteiger partial charge in [0.05, 0.1) is 18.8 Å². The van der Waals surface area contributed by atoms with E-state index < -0.39 is 12.3 Å². The summed E-state index contributed by atoms with van der Waals surface area (Å²) in [7, 11) is 0. The summed E-state index contributed by atoms with van der Waals surface area (Å²) >= 11 is 0. The highest BCUT2D eigenvalue weighted by Gasteiger charge is 2.39. The first kappa shape index (κ1) is 35.2. The summed E-state index contributed by atoms with van der Waals surface area (Å²) in [5, 5.41) is 21.4. The number of anilines is 1. The van der Waals surface area contributed by atoms with Crippen LogP contribution in [0.1, 0.15) is 60.8 Å². The lowest BCUT2D eigenvalue weighted by atomic mass is 9.89. The number of carboxylic acid groups (broad SMARTS) is 1. The molecule has 4 aromatic rings. The Hall–Kier alpha value is -4.68. The summed E-state index contributed by atoms with van der Waals surface area (Å²) in [4.78, 5) is 36.5. The van der Waals surface area contributed by atoms with E-state index in [1.54, 1.807) is 12.4 Å². The number of hydrogen-bond acceptors (Lipinski definition) is 9. The number of ether oxygens (including phenoxy) is 2. The number of aromatic nitrogens is 2. The Labute approximate surface area is 292 Å². The number of carbonyl (C=O) groups is 2. The topological polar surface area (TPSA) is 137 Å². The molecule has 6 rings (SSSR count). The van der Waals surface area contributed by atoms with Crippen LogP contribution in [0.4, 0.5) is 5.95 Å². The van der Waals surface area contributed by atoms with E-state index in [2.05, 4.69) is 50.2 Å². The molecule has 50 heavy (non-hydrogen) atoms. The van der Waals surface area contributed by atoms with Crippen LogP contribution in [-0.4, -0.2) is 75.8 Å². The summed E-state index contributed by atoms with van der Waals surface area (Å²) in [5.74, 6) is -0.234. The van der Waals surface area contributed by atoms with Gasteiger partial charge in [-0.25, -0.2) is 9.97 Å². The molecule has 0 bridgehead atoms. The maximum atomic E-state index is 12.2. The van der Waals surface area contributed by atoms with E-state index in [9.17, 15) is 14.7 Å². The molecule has 2 saturated heterocycles. The van der Waals surface area contributed by atoms with E-state index >= 15 is 0 Å². The first-order valence-corrected chi connectivity index (χ1v) is 17.3. The van der Waals surface area contributed by atoms with Gasteiger partial charge in [0, 0.05) is 76.0 Å². The van der Waals surface area contributed by atoms with Crippen LogP contribution >= 0.6 is 0 Å². The Kier molecular flexibility index (Phi) is 11.8. The van der Waals surface area contributed by atoms with Crippen molar-refractivity contribution in [1.29, 1.82) is 0 Å². The van der Waals surface area contributed by atoms with Crippen molar-refractivity contribution in [2.75, 3.05) is 37.6 Å². The average Bonchev–Trinajstić information content (AvgIpc) is 3.15. The minimum absolute atomic E-state index is 0.0110. The van der Waals surface area contributed by atoms with Gasteiger partial charge in [0.25, 0.3) is 0 Å². The van der Waals surface area contributed by atoms with Gasteiger partial charge in [-0.15, -0.1) is 0 Å². The molecule has 11 nitrogen and oxygen atoms in total. The van der Waals surface area contributed by atoms with Crippen molar-refractivity contribution in [2.45, 2.75) is 57.8 Å². The number of nitrogens with zero attached hydrogens (tertiary/aromatic N) is 4. The zero-order valence-electron chi connectivity index (χ0n) is 28.4. The Morgan fingerprint density at radius 2 is 1.56 bits per heavy atom. The summed E-state index contributed by atoms with van der Waals surface area (Å²) < 4.78 is 13.5. The number of benzene rings is 3. The smallest absolute Gasteiger partial charge is 0.303 e. The van der Waals surface area contributed by atoms with Gasteiger partial charge in [0.2, 0.25) is 11.9 Å². The predicted octanol–water partition coefficient (Wildman–Crippen LogP) is 5.12. The Morgan fingerprint density at radius 1 is 0.840 bits per heavy atom. The van der Waals surface area contributed by atoms with Crippen LogP contribution < -0.4 is 10.2 Å². The van der Waals surface area contributed by atoms with E-state index in [-0.39, 0.29) is 43.5 Å². The molecule has 11 heteroatoms. The molecule has 3 aromatic carbocycles. The second-order valence-electron chi connectivity index (χ2n) is 13.0. The molecule has 0 aliphatic carbocycles.